The third kappa shape index (κ3) is 5.56. The molecule has 1 amide bonds. The van der Waals surface area contributed by atoms with Crippen LogP contribution in [0.4, 0.5) is 22.0 Å². The number of likely N-dealkylation sites (tertiary alicyclic amines) is 1. The van der Waals surface area contributed by atoms with E-state index in [4.69, 9.17) is 4.74 Å². The first kappa shape index (κ1) is 24.4. The molecule has 1 aromatic heterocycles. The van der Waals surface area contributed by atoms with Crippen molar-refractivity contribution in [3.05, 3.63) is 23.5 Å². The third-order valence-corrected chi connectivity index (χ3v) is 5.85. The minimum Gasteiger partial charge on any atom is -0.481 e. The van der Waals surface area contributed by atoms with Gasteiger partial charge in [0.2, 0.25) is 5.91 Å². The molecule has 3 rings (SSSR count). The predicted molar refractivity (Wildman–Crippen MR) is 106 cm³/mol. The summed E-state index contributed by atoms with van der Waals surface area (Å²) in [4.78, 5) is 30.8. The molecule has 0 N–H and O–H groups in total. The molecule has 10 heteroatoms. The van der Waals surface area contributed by atoms with Crippen LogP contribution in [-0.4, -0.2) is 52.9 Å². The number of alkyl halides is 5. The lowest BCUT2D eigenvalue weighted by Gasteiger charge is -2.42. The first-order chi connectivity index (χ1) is 14.6. The zero-order chi connectivity index (χ0) is 24.1. The van der Waals surface area contributed by atoms with Crippen molar-refractivity contribution >= 4 is 11.7 Å². The lowest BCUT2D eigenvalue weighted by molar-refractivity contribution is -0.189. The van der Waals surface area contributed by atoms with Crippen molar-refractivity contribution in [1.82, 2.24) is 9.88 Å². The number of ketones is 1. The van der Waals surface area contributed by atoms with Gasteiger partial charge in [-0.05, 0) is 31.1 Å². The first-order valence-corrected chi connectivity index (χ1v) is 10.5. The minimum atomic E-state index is -4.57. The molecule has 1 saturated heterocycles. The number of carbonyl (C=O) groups excluding carboxylic acids is 2. The highest BCUT2D eigenvalue weighted by Crippen LogP contribution is 2.45. The van der Waals surface area contributed by atoms with Crippen LogP contribution in [-0.2, 0) is 4.79 Å². The minimum absolute atomic E-state index is 0.0408. The Morgan fingerprint density at radius 1 is 1.22 bits per heavy atom. The maximum absolute atomic E-state index is 13.2. The van der Waals surface area contributed by atoms with E-state index in [-0.39, 0.29) is 23.8 Å². The summed E-state index contributed by atoms with van der Waals surface area (Å²) < 4.78 is 70.6. The van der Waals surface area contributed by atoms with Gasteiger partial charge >= 0.3 is 6.18 Å². The highest BCUT2D eigenvalue weighted by atomic mass is 19.4. The van der Waals surface area contributed by atoms with Crippen molar-refractivity contribution in [1.29, 1.82) is 0 Å². The molecule has 1 aromatic rings. The van der Waals surface area contributed by atoms with Gasteiger partial charge in [-0.2, -0.15) is 13.2 Å². The Balaban J connectivity index is 1.80. The summed E-state index contributed by atoms with van der Waals surface area (Å²) in [5.74, 6) is -4.92. The number of hydrogen-bond donors (Lipinski definition) is 0. The molecule has 2 fully saturated rings. The molecule has 2 heterocycles. The molecule has 1 saturated carbocycles. The van der Waals surface area contributed by atoms with Gasteiger partial charge in [0, 0.05) is 24.2 Å². The van der Waals surface area contributed by atoms with Crippen molar-refractivity contribution in [3.8, 4) is 5.75 Å². The fraction of sp³-hybridized carbons (Fsp3) is 0.682. The summed E-state index contributed by atoms with van der Waals surface area (Å²) >= 11 is 0. The zero-order valence-corrected chi connectivity index (χ0v) is 18.4. The number of aromatic nitrogens is 1. The average Bonchev–Trinajstić information content (AvgIpc) is 3.46. The second kappa shape index (κ2) is 8.26. The second-order valence-electron chi connectivity index (χ2n) is 9.78. The van der Waals surface area contributed by atoms with Crippen LogP contribution in [0.5, 0.6) is 5.75 Å². The van der Waals surface area contributed by atoms with E-state index >= 15 is 0 Å². The molecule has 1 aliphatic heterocycles. The Hall–Kier alpha value is -2.26. The maximum atomic E-state index is 13.2. The maximum Gasteiger partial charge on any atom is 0.425 e. The molecule has 0 radical (unpaired) electrons. The normalized spacial score (nSPS) is 20.3. The standard InChI is InChI=1S/C22H27F5N2O3/c1-12(22(25,26)27)32-18-8-16(28-9-14(18)13-5-6-13)17(30)7-15(20(2,3)4)19(31)29-10-21(23,24)11-29/h8-9,12-13,15H,5-7,10-11H2,1-4H3/t12-,15?/m0/s1. The number of ether oxygens (including phenoxy) is 1. The molecular formula is C22H27F5N2O3. The Labute approximate surface area is 183 Å². The summed E-state index contributed by atoms with van der Waals surface area (Å²) in [6.07, 6.45) is -3.99. The van der Waals surface area contributed by atoms with Crippen LogP contribution in [0.2, 0.25) is 0 Å². The fourth-order valence-electron chi connectivity index (χ4n) is 3.60. The van der Waals surface area contributed by atoms with Crippen LogP contribution >= 0.6 is 0 Å². The number of pyridine rings is 1. The monoisotopic (exact) mass is 462 g/mol. The van der Waals surface area contributed by atoms with E-state index in [0.717, 1.165) is 24.7 Å². The average molecular weight is 462 g/mol. The molecule has 0 aromatic carbocycles. The van der Waals surface area contributed by atoms with E-state index in [1.165, 1.54) is 12.3 Å². The summed E-state index contributed by atoms with van der Waals surface area (Å²) in [6, 6.07) is 1.19. The number of carbonyl (C=O) groups is 2. The number of amides is 1. The van der Waals surface area contributed by atoms with Crippen LogP contribution in [0.1, 0.15) is 68.9 Å². The van der Waals surface area contributed by atoms with Crippen LogP contribution in [0.3, 0.4) is 0 Å². The van der Waals surface area contributed by atoms with Gasteiger partial charge < -0.3 is 9.64 Å². The second-order valence-corrected chi connectivity index (χ2v) is 9.78. The quantitative estimate of drug-likeness (QED) is 0.423. The first-order valence-electron chi connectivity index (χ1n) is 10.5. The van der Waals surface area contributed by atoms with E-state index in [2.05, 4.69) is 4.98 Å². The highest BCUT2D eigenvalue weighted by molar-refractivity contribution is 5.97. The lowest BCUT2D eigenvalue weighted by atomic mass is 9.76. The van der Waals surface area contributed by atoms with Gasteiger partial charge in [-0.15, -0.1) is 0 Å². The summed E-state index contributed by atoms with van der Waals surface area (Å²) in [5, 5.41) is 0. The SMILES string of the molecule is C[C@H](Oc1cc(C(=O)CC(C(=O)N2CC(F)(F)C2)C(C)(C)C)ncc1C1CC1)C(F)(F)F. The molecular weight excluding hydrogens is 435 g/mol. The van der Waals surface area contributed by atoms with Gasteiger partial charge in [-0.25, -0.2) is 8.78 Å². The predicted octanol–water partition coefficient (Wildman–Crippen LogP) is 5.00. The van der Waals surface area contributed by atoms with E-state index in [1.54, 1.807) is 20.8 Å². The van der Waals surface area contributed by atoms with Gasteiger partial charge in [0.1, 0.15) is 11.4 Å². The van der Waals surface area contributed by atoms with Crippen LogP contribution in [0.15, 0.2) is 12.3 Å². The number of rotatable bonds is 7. The molecule has 1 aliphatic carbocycles. The van der Waals surface area contributed by atoms with Crippen molar-refractivity contribution in [3.63, 3.8) is 0 Å². The van der Waals surface area contributed by atoms with Crippen LogP contribution in [0.25, 0.3) is 0 Å². The van der Waals surface area contributed by atoms with E-state index in [9.17, 15) is 31.5 Å². The van der Waals surface area contributed by atoms with Crippen LogP contribution in [0, 0.1) is 11.3 Å². The Bertz CT molecular complexity index is 883. The molecule has 0 bridgehead atoms. The van der Waals surface area contributed by atoms with E-state index < -0.39 is 54.3 Å². The lowest BCUT2D eigenvalue weighted by Crippen LogP contribution is -2.60. The fourth-order valence-corrected chi connectivity index (χ4v) is 3.60. The number of nitrogens with zero attached hydrogens (tertiary/aromatic N) is 2. The molecule has 5 nitrogen and oxygen atoms in total. The largest absolute Gasteiger partial charge is 0.481 e. The Morgan fingerprint density at radius 2 is 1.81 bits per heavy atom. The smallest absolute Gasteiger partial charge is 0.425 e. The van der Waals surface area contributed by atoms with Crippen molar-refractivity contribution in [2.75, 3.05) is 13.1 Å². The van der Waals surface area contributed by atoms with E-state index in [1.807, 2.05) is 0 Å². The summed E-state index contributed by atoms with van der Waals surface area (Å²) in [6.45, 7) is 4.69. The van der Waals surface area contributed by atoms with Crippen molar-refractivity contribution in [2.45, 2.75) is 71.1 Å². The van der Waals surface area contributed by atoms with E-state index in [0.29, 0.717) is 5.56 Å². The molecule has 1 unspecified atom stereocenters. The number of halogens is 5. The van der Waals surface area contributed by atoms with Crippen LogP contribution < -0.4 is 4.74 Å². The summed E-state index contributed by atoms with van der Waals surface area (Å²) in [7, 11) is 0. The number of Topliss-reactive ketones (excluding diaryl/α,β-unsaturated/α-hetero) is 1. The zero-order valence-electron chi connectivity index (χ0n) is 18.4. The molecule has 178 valence electrons. The highest BCUT2D eigenvalue weighted by Gasteiger charge is 2.49. The molecule has 0 spiro atoms. The van der Waals surface area contributed by atoms with Gasteiger partial charge in [0.05, 0.1) is 19.0 Å². The van der Waals surface area contributed by atoms with Crippen molar-refractivity contribution < 1.29 is 36.3 Å². The van der Waals surface area contributed by atoms with Crippen molar-refractivity contribution in [2.24, 2.45) is 11.3 Å². The van der Waals surface area contributed by atoms with Gasteiger partial charge in [0.15, 0.2) is 11.9 Å². The van der Waals surface area contributed by atoms with Gasteiger partial charge in [-0.1, -0.05) is 20.8 Å². The third-order valence-electron chi connectivity index (χ3n) is 5.85. The summed E-state index contributed by atoms with van der Waals surface area (Å²) in [5.41, 5.74) is -0.297. The Morgan fingerprint density at radius 3 is 2.28 bits per heavy atom. The number of hydrogen-bond acceptors (Lipinski definition) is 4. The van der Waals surface area contributed by atoms with Gasteiger partial charge in [0.25, 0.3) is 5.92 Å². The topological polar surface area (TPSA) is 59.5 Å². The molecule has 2 atom stereocenters. The Kier molecular flexibility index (Phi) is 6.30. The molecule has 32 heavy (non-hydrogen) atoms. The molecule has 2 aliphatic rings. The van der Waals surface area contributed by atoms with Gasteiger partial charge in [-0.3, -0.25) is 14.6 Å².